The quantitative estimate of drug-likeness (QED) is 0.187. The van der Waals surface area contributed by atoms with E-state index in [9.17, 15) is 0 Å². The van der Waals surface area contributed by atoms with Gasteiger partial charge in [-0.25, -0.2) is 0 Å². The lowest BCUT2D eigenvalue weighted by Crippen LogP contribution is -2.74. The maximum absolute atomic E-state index is 2.58. The lowest BCUT2D eigenvalue weighted by Gasteiger charge is -2.78. The van der Waals surface area contributed by atoms with Crippen molar-refractivity contribution in [2.24, 2.45) is 29.1 Å². The zero-order valence-electron chi connectivity index (χ0n) is 29.9. The molecule has 2 bridgehead atoms. The number of anilines is 3. The van der Waals surface area contributed by atoms with Crippen LogP contribution in [-0.2, 0) is 16.2 Å². The normalized spacial score (nSPS) is 31.1. The number of fused-ring (bicyclic) bond motifs is 8. The van der Waals surface area contributed by atoms with Crippen molar-refractivity contribution < 1.29 is 0 Å². The first-order valence-electron chi connectivity index (χ1n) is 19.2. The van der Waals surface area contributed by atoms with Crippen LogP contribution in [-0.4, -0.2) is 0 Å². The van der Waals surface area contributed by atoms with Crippen LogP contribution in [0.1, 0.15) is 88.5 Å². The van der Waals surface area contributed by atoms with Crippen LogP contribution in [0.25, 0.3) is 11.1 Å². The molecule has 5 aliphatic carbocycles. The van der Waals surface area contributed by atoms with Crippen molar-refractivity contribution in [2.75, 3.05) is 4.90 Å². The Morgan fingerprint density at radius 1 is 0.580 bits per heavy atom. The zero-order chi connectivity index (χ0) is 33.6. The van der Waals surface area contributed by atoms with Crippen molar-refractivity contribution in [3.8, 4) is 11.1 Å². The van der Waals surface area contributed by atoms with E-state index in [4.69, 9.17) is 0 Å². The summed E-state index contributed by atoms with van der Waals surface area (Å²) in [7, 11) is 0. The molecule has 1 nitrogen and oxygen atoms in total. The summed E-state index contributed by atoms with van der Waals surface area (Å²) in [6.45, 7) is 9.76. The standard InChI is InChI=1S/C48H47NS/c1-45(2)21-22-46(3,4)39-27-34(19-20-37(39)45)49(33-15-9-6-10-16-33)35-26-36(31-13-7-5-8-14-31)44-41(28-35)50-40-18-12-11-17-38(40)48(44)42-24-30-23-32-25-43(48)47(32,42)29-30/h5-20,26-28,30,32,42-43H,21-25,29H2,1-4H3. The van der Waals surface area contributed by atoms with Gasteiger partial charge in [-0.1, -0.05) is 112 Å². The van der Waals surface area contributed by atoms with Crippen LogP contribution in [0.15, 0.2) is 125 Å². The van der Waals surface area contributed by atoms with Crippen LogP contribution >= 0.6 is 11.8 Å². The highest BCUT2D eigenvalue weighted by atomic mass is 32.2. The Morgan fingerprint density at radius 2 is 1.28 bits per heavy atom. The molecule has 6 aliphatic rings. The Balaban J connectivity index is 1.17. The number of hydrogen-bond acceptors (Lipinski definition) is 2. The minimum absolute atomic E-state index is 0.117. The first-order valence-corrected chi connectivity index (χ1v) is 20.0. The van der Waals surface area contributed by atoms with E-state index in [0.717, 1.165) is 23.7 Å². The lowest BCUT2D eigenvalue weighted by molar-refractivity contribution is -0.234. The largest absolute Gasteiger partial charge is 0.310 e. The van der Waals surface area contributed by atoms with Gasteiger partial charge in [-0.05, 0) is 154 Å². The zero-order valence-corrected chi connectivity index (χ0v) is 30.7. The topological polar surface area (TPSA) is 3.24 Å². The van der Waals surface area contributed by atoms with E-state index >= 15 is 0 Å². The average Bonchev–Trinajstić information content (AvgIpc) is 3.66. The molecular weight excluding hydrogens is 623 g/mol. The van der Waals surface area contributed by atoms with E-state index in [-0.39, 0.29) is 16.2 Å². The third-order valence-corrected chi connectivity index (χ3v) is 16.1. The van der Waals surface area contributed by atoms with Gasteiger partial charge in [0, 0.05) is 32.3 Å². The second-order valence-corrected chi connectivity index (χ2v) is 19.1. The maximum Gasteiger partial charge on any atom is 0.0479 e. The summed E-state index contributed by atoms with van der Waals surface area (Å²) in [6.07, 6.45) is 8.26. The van der Waals surface area contributed by atoms with Gasteiger partial charge < -0.3 is 4.90 Å². The molecule has 5 aromatic rings. The molecule has 4 saturated carbocycles. The van der Waals surface area contributed by atoms with E-state index in [1.165, 1.54) is 87.6 Å². The Kier molecular flexibility index (Phi) is 5.97. The van der Waals surface area contributed by atoms with Crippen LogP contribution < -0.4 is 4.90 Å². The highest BCUT2D eigenvalue weighted by Gasteiger charge is 2.84. The van der Waals surface area contributed by atoms with Gasteiger partial charge >= 0.3 is 0 Å². The molecule has 11 rings (SSSR count). The van der Waals surface area contributed by atoms with Gasteiger partial charge in [-0.15, -0.1) is 0 Å². The Labute approximate surface area is 302 Å². The molecule has 2 heteroatoms. The molecule has 0 radical (unpaired) electrons. The van der Waals surface area contributed by atoms with Crippen LogP contribution in [0, 0.1) is 29.1 Å². The summed E-state index contributed by atoms with van der Waals surface area (Å²) in [5.74, 6) is 3.44. The highest BCUT2D eigenvalue weighted by Crippen LogP contribution is 2.89. The van der Waals surface area contributed by atoms with Gasteiger partial charge in [0.15, 0.2) is 0 Å². The van der Waals surface area contributed by atoms with Crippen molar-refractivity contribution in [3.63, 3.8) is 0 Å². The van der Waals surface area contributed by atoms with E-state index in [2.05, 4.69) is 148 Å². The fraction of sp³-hybridized carbons (Fsp3) is 0.375. The molecule has 2 spiro atoms. The van der Waals surface area contributed by atoms with E-state index < -0.39 is 0 Å². The molecule has 6 unspecified atom stereocenters. The second-order valence-electron chi connectivity index (χ2n) is 18.1. The van der Waals surface area contributed by atoms with E-state index in [0.29, 0.717) is 5.41 Å². The molecule has 0 aromatic heterocycles. The van der Waals surface area contributed by atoms with Crippen molar-refractivity contribution in [1.82, 2.24) is 0 Å². The van der Waals surface area contributed by atoms with Gasteiger partial charge in [0.25, 0.3) is 0 Å². The van der Waals surface area contributed by atoms with Gasteiger partial charge in [0.05, 0.1) is 0 Å². The van der Waals surface area contributed by atoms with Gasteiger partial charge in [0.1, 0.15) is 0 Å². The minimum atomic E-state index is 0.117. The monoisotopic (exact) mass is 669 g/mol. The Hall–Kier alpha value is -3.75. The van der Waals surface area contributed by atoms with Crippen molar-refractivity contribution in [2.45, 2.75) is 92.3 Å². The number of para-hydroxylation sites is 1. The number of rotatable bonds is 4. The summed E-state index contributed by atoms with van der Waals surface area (Å²) in [6, 6.07) is 44.6. The Bertz CT molecular complexity index is 2200. The summed E-state index contributed by atoms with van der Waals surface area (Å²) in [5.41, 5.74) is 13.9. The van der Waals surface area contributed by atoms with E-state index in [1.54, 1.807) is 11.1 Å². The maximum atomic E-state index is 2.58. The fourth-order valence-corrected chi connectivity index (χ4v) is 14.2. The molecule has 0 N–H and O–H groups in total. The van der Waals surface area contributed by atoms with Crippen molar-refractivity contribution >= 4 is 28.8 Å². The molecular formula is C48H47NS. The summed E-state index contributed by atoms with van der Waals surface area (Å²) < 4.78 is 0. The summed E-state index contributed by atoms with van der Waals surface area (Å²) >= 11 is 2.03. The van der Waals surface area contributed by atoms with Gasteiger partial charge in [-0.3, -0.25) is 0 Å². The fourth-order valence-electron chi connectivity index (χ4n) is 12.9. The molecule has 1 aliphatic heterocycles. The van der Waals surface area contributed by atoms with E-state index in [1.807, 2.05) is 11.8 Å². The van der Waals surface area contributed by atoms with Crippen LogP contribution in [0.3, 0.4) is 0 Å². The molecule has 1 heterocycles. The molecule has 4 fully saturated rings. The van der Waals surface area contributed by atoms with Crippen LogP contribution in [0.2, 0.25) is 0 Å². The third kappa shape index (κ3) is 3.67. The summed E-state index contributed by atoms with van der Waals surface area (Å²) in [5, 5.41) is 0. The highest BCUT2D eigenvalue weighted by molar-refractivity contribution is 7.99. The molecule has 0 amide bonds. The molecule has 5 aromatic carbocycles. The first kappa shape index (κ1) is 29.9. The molecule has 50 heavy (non-hydrogen) atoms. The SMILES string of the molecule is CC1(C)CCC(C)(C)c2cc(N(c3ccccc3)c3cc4c(c(-c5ccccc5)c3)C3(c5ccccc5S4)C4CC5CC6CC3C64C5)ccc21. The lowest BCUT2D eigenvalue weighted by atomic mass is 9.26. The molecule has 0 saturated heterocycles. The van der Waals surface area contributed by atoms with Gasteiger partial charge in [0.2, 0.25) is 0 Å². The van der Waals surface area contributed by atoms with Crippen LogP contribution in [0.4, 0.5) is 17.1 Å². The van der Waals surface area contributed by atoms with Crippen molar-refractivity contribution in [1.29, 1.82) is 0 Å². The smallest absolute Gasteiger partial charge is 0.0479 e. The number of hydrogen-bond donors (Lipinski definition) is 0. The Morgan fingerprint density at radius 3 is 2.06 bits per heavy atom. The van der Waals surface area contributed by atoms with Gasteiger partial charge in [-0.2, -0.15) is 0 Å². The average molecular weight is 670 g/mol. The van der Waals surface area contributed by atoms with Crippen molar-refractivity contribution in [3.05, 3.63) is 138 Å². The minimum Gasteiger partial charge on any atom is -0.310 e. The number of nitrogens with zero attached hydrogens (tertiary/aromatic N) is 1. The molecule has 6 atom stereocenters. The van der Waals surface area contributed by atoms with Crippen LogP contribution in [0.5, 0.6) is 0 Å². The first-order chi connectivity index (χ1) is 24.2. The summed E-state index contributed by atoms with van der Waals surface area (Å²) in [4.78, 5) is 5.51. The third-order valence-electron chi connectivity index (χ3n) is 15.0. The molecule has 250 valence electrons. The second kappa shape index (κ2) is 9.97. The predicted molar refractivity (Wildman–Crippen MR) is 208 cm³/mol. The predicted octanol–water partition coefficient (Wildman–Crippen LogP) is 13.0. The number of benzene rings is 5.